The van der Waals surface area contributed by atoms with Gasteiger partial charge in [0.1, 0.15) is 0 Å². The summed E-state index contributed by atoms with van der Waals surface area (Å²) in [4.78, 5) is 4.58. The van der Waals surface area contributed by atoms with Crippen molar-refractivity contribution in [2.45, 2.75) is 70.3 Å². The molecule has 0 aliphatic heterocycles. The van der Waals surface area contributed by atoms with Gasteiger partial charge in [0, 0.05) is 18.4 Å². The summed E-state index contributed by atoms with van der Waals surface area (Å²) < 4.78 is 5.36. The van der Waals surface area contributed by atoms with Crippen LogP contribution in [0.1, 0.15) is 69.5 Å². The van der Waals surface area contributed by atoms with Gasteiger partial charge in [-0.15, -0.1) is 0 Å². The molecule has 4 heteroatoms. The van der Waals surface area contributed by atoms with Crippen molar-refractivity contribution in [3.63, 3.8) is 0 Å². The van der Waals surface area contributed by atoms with Crippen LogP contribution in [-0.2, 0) is 6.42 Å². The first kappa shape index (κ1) is 13.5. The highest BCUT2D eigenvalue weighted by atomic mass is 16.5. The quantitative estimate of drug-likeness (QED) is 0.817. The summed E-state index contributed by atoms with van der Waals surface area (Å²) >= 11 is 0. The Morgan fingerprint density at radius 2 is 2.00 bits per heavy atom. The molecule has 1 aliphatic rings. The Morgan fingerprint density at radius 1 is 1.28 bits per heavy atom. The first-order valence-corrected chi connectivity index (χ1v) is 7.29. The monoisotopic (exact) mass is 251 g/mol. The van der Waals surface area contributed by atoms with Gasteiger partial charge in [0.25, 0.3) is 0 Å². The minimum Gasteiger partial charge on any atom is -0.339 e. The van der Waals surface area contributed by atoms with Crippen molar-refractivity contribution in [3.8, 4) is 0 Å². The van der Waals surface area contributed by atoms with Crippen molar-refractivity contribution in [3.05, 3.63) is 11.7 Å². The van der Waals surface area contributed by atoms with E-state index in [4.69, 9.17) is 4.52 Å². The van der Waals surface area contributed by atoms with Crippen LogP contribution in [0.4, 0.5) is 0 Å². The molecule has 4 nitrogen and oxygen atoms in total. The van der Waals surface area contributed by atoms with Gasteiger partial charge < -0.3 is 9.84 Å². The summed E-state index contributed by atoms with van der Waals surface area (Å²) in [7, 11) is 1.98. The number of aryl methyl sites for hydroxylation is 1. The minimum absolute atomic E-state index is 0.498. The zero-order valence-corrected chi connectivity index (χ0v) is 11.6. The lowest BCUT2D eigenvalue weighted by Gasteiger charge is -2.08. The van der Waals surface area contributed by atoms with Gasteiger partial charge in [0.2, 0.25) is 5.89 Å². The Labute approximate surface area is 110 Å². The first-order chi connectivity index (χ1) is 8.79. The Morgan fingerprint density at radius 3 is 2.67 bits per heavy atom. The summed E-state index contributed by atoms with van der Waals surface area (Å²) in [5.74, 6) is 2.28. The van der Waals surface area contributed by atoms with Crippen molar-refractivity contribution < 1.29 is 4.52 Å². The second-order valence-corrected chi connectivity index (χ2v) is 5.46. The maximum Gasteiger partial charge on any atom is 0.226 e. The van der Waals surface area contributed by atoms with Crippen molar-refractivity contribution in [1.29, 1.82) is 0 Å². The highest BCUT2D eigenvalue weighted by Crippen LogP contribution is 2.29. The Balaban J connectivity index is 1.88. The molecule has 0 radical (unpaired) electrons. The van der Waals surface area contributed by atoms with Crippen LogP contribution in [0.15, 0.2) is 4.52 Å². The van der Waals surface area contributed by atoms with Crippen molar-refractivity contribution >= 4 is 0 Å². The molecule has 0 amide bonds. The average Bonchev–Trinajstić information content (AvgIpc) is 2.69. The molecule has 1 saturated carbocycles. The van der Waals surface area contributed by atoms with E-state index in [1.54, 1.807) is 0 Å². The molecule has 0 bridgehead atoms. The van der Waals surface area contributed by atoms with Crippen LogP contribution in [0.5, 0.6) is 0 Å². The Kier molecular flexibility index (Phi) is 5.17. The molecule has 1 aromatic rings. The molecule has 1 aromatic heterocycles. The van der Waals surface area contributed by atoms with Crippen LogP contribution in [0.3, 0.4) is 0 Å². The zero-order chi connectivity index (χ0) is 12.8. The summed E-state index contributed by atoms with van der Waals surface area (Å²) in [5, 5.41) is 7.40. The van der Waals surface area contributed by atoms with Crippen molar-refractivity contribution in [1.82, 2.24) is 15.5 Å². The summed E-state index contributed by atoms with van der Waals surface area (Å²) in [6, 6.07) is 0.498. The minimum atomic E-state index is 0.498. The van der Waals surface area contributed by atoms with Gasteiger partial charge in [-0.25, -0.2) is 0 Å². The number of hydrogen-bond donors (Lipinski definition) is 1. The Bertz CT molecular complexity index is 343. The molecule has 0 saturated heterocycles. The third-order valence-electron chi connectivity index (χ3n) is 3.99. The highest BCUT2D eigenvalue weighted by molar-refractivity contribution is 4.96. The number of aromatic nitrogens is 2. The van der Waals surface area contributed by atoms with Crippen LogP contribution >= 0.6 is 0 Å². The standard InChI is InChI=1S/C14H25N3O/c1-11(15-2)9-10-13-16-14(17-18-13)12-7-5-3-4-6-8-12/h11-12,15H,3-10H2,1-2H3. The summed E-state index contributed by atoms with van der Waals surface area (Å²) in [6.07, 6.45) is 9.72. The van der Waals surface area contributed by atoms with Crippen LogP contribution in [-0.4, -0.2) is 23.2 Å². The number of nitrogens with zero attached hydrogens (tertiary/aromatic N) is 2. The molecule has 1 heterocycles. The smallest absolute Gasteiger partial charge is 0.226 e. The largest absolute Gasteiger partial charge is 0.339 e. The lowest BCUT2D eigenvalue weighted by molar-refractivity contribution is 0.359. The van der Waals surface area contributed by atoms with E-state index in [9.17, 15) is 0 Å². The second kappa shape index (κ2) is 6.88. The van der Waals surface area contributed by atoms with Gasteiger partial charge in [-0.2, -0.15) is 4.98 Å². The van der Waals surface area contributed by atoms with Crippen molar-refractivity contribution in [2.24, 2.45) is 0 Å². The summed E-state index contributed by atoms with van der Waals surface area (Å²) in [5.41, 5.74) is 0. The van der Waals surface area contributed by atoms with Crippen LogP contribution in [0.2, 0.25) is 0 Å². The molecule has 0 spiro atoms. The molecule has 1 fully saturated rings. The first-order valence-electron chi connectivity index (χ1n) is 7.29. The fourth-order valence-corrected chi connectivity index (χ4v) is 2.56. The maximum atomic E-state index is 5.36. The predicted molar refractivity (Wildman–Crippen MR) is 71.6 cm³/mol. The number of rotatable bonds is 5. The van der Waals surface area contributed by atoms with E-state index in [-0.39, 0.29) is 0 Å². The van der Waals surface area contributed by atoms with Gasteiger partial charge in [0.05, 0.1) is 0 Å². The van der Waals surface area contributed by atoms with Gasteiger partial charge in [-0.1, -0.05) is 30.8 Å². The highest BCUT2D eigenvalue weighted by Gasteiger charge is 2.19. The summed E-state index contributed by atoms with van der Waals surface area (Å²) in [6.45, 7) is 2.17. The molecule has 1 atom stereocenters. The molecule has 0 aromatic carbocycles. The topological polar surface area (TPSA) is 51.0 Å². The van der Waals surface area contributed by atoms with Crippen LogP contribution in [0.25, 0.3) is 0 Å². The van der Waals surface area contributed by atoms with Gasteiger partial charge in [-0.3, -0.25) is 0 Å². The molecular formula is C14H25N3O. The van der Waals surface area contributed by atoms with Crippen molar-refractivity contribution in [2.75, 3.05) is 7.05 Å². The molecule has 102 valence electrons. The molecule has 18 heavy (non-hydrogen) atoms. The molecule has 1 N–H and O–H groups in total. The molecule has 1 unspecified atom stereocenters. The Hall–Kier alpha value is -0.900. The zero-order valence-electron chi connectivity index (χ0n) is 11.6. The number of nitrogens with one attached hydrogen (secondary N) is 1. The van der Waals surface area contributed by atoms with Gasteiger partial charge >= 0.3 is 0 Å². The normalized spacial score (nSPS) is 19.7. The van der Waals surface area contributed by atoms with E-state index in [0.29, 0.717) is 12.0 Å². The van der Waals surface area contributed by atoms with E-state index in [0.717, 1.165) is 24.6 Å². The van der Waals surface area contributed by atoms with E-state index in [2.05, 4.69) is 22.4 Å². The van der Waals surface area contributed by atoms with Crippen LogP contribution in [0, 0.1) is 0 Å². The van der Waals surface area contributed by atoms with E-state index < -0.39 is 0 Å². The van der Waals surface area contributed by atoms with E-state index >= 15 is 0 Å². The predicted octanol–water partition coefficient (Wildman–Crippen LogP) is 3.05. The molecular weight excluding hydrogens is 226 g/mol. The van der Waals surface area contributed by atoms with E-state index in [1.807, 2.05) is 7.05 Å². The van der Waals surface area contributed by atoms with Gasteiger partial charge in [0.15, 0.2) is 5.82 Å². The molecule has 2 rings (SSSR count). The second-order valence-electron chi connectivity index (χ2n) is 5.46. The van der Waals surface area contributed by atoms with E-state index in [1.165, 1.54) is 38.5 Å². The number of hydrogen-bond acceptors (Lipinski definition) is 4. The van der Waals surface area contributed by atoms with Crippen LogP contribution < -0.4 is 5.32 Å². The average molecular weight is 251 g/mol. The third-order valence-corrected chi connectivity index (χ3v) is 3.99. The van der Waals surface area contributed by atoms with Gasteiger partial charge in [-0.05, 0) is 33.2 Å². The third kappa shape index (κ3) is 3.80. The SMILES string of the molecule is CNC(C)CCc1nc(C2CCCCCC2)no1. The fourth-order valence-electron chi connectivity index (χ4n) is 2.56. The lowest BCUT2D eigenvalue weighted by atomic mass is 10.00. The fraction of sp³-hybridized carbons (Fsp3) is 0.857. The lowest BCUT2D eigenvalue weighted by Crippen LogP contribution is -2.21. The maximum absolute atomic E-state index is 5.36. The molecule has 1 aliphatic carbocycles.